The predicted molar refractivity (Wildman–Crippen MR) is 71.4 cm³/mol. The first-order valence-corrected chi connectivity index (χ1v) is 5.75. The Hall–Kier alpha value is -2.11. The minimum atomic E-state index is -0.402. The predicted octanol–water partition coefficient (Wildman–Crippen LogP) is 1.84. The van der Waals surface area contributed by atoms with Gasteiger partial charge in [0.05, 0.1) is 19.8 Å². The summed E-state index contributed by atoms with van der Waals surface area (Å²) in [6, 6.07) is 10.2. The molecule has 0 atom stereocenters. The van der Waals surface area contributed by atoms with Gasteiger partial charge in [0.2, 0.25) is 0 Å². The Morgan fingerprint density at radius 3 is 2.37 bits per heavy atom. The highest BCUT2D eigenvalue weighted by atomic mass is 19.1. The molecule has 0 aromatic heterocycles. The van der Waals surface area contributed by atoms with E-state index in [4.69, 9.17) is 15.3 Å². The molecule has 2 aromatic carbocycles. The van der Waals surface area contributed by atoms with E-state index >= 15 is 0 Å². The number of ether oxygens (including phenoxy) is 1. The number of hydrogen-bond donors (Lipinski definition) is 2. The number of hydrogen-bond acceptors (Lipinski definition) is 3. The molecule has 0 aliphatic rings. The Morgan fingerprint density at radius 1 is 1.11 bits per heavy atom. The van der Waals surface area contributed by atoms with E-state index in [-0.39, 0.29) is 0 Å². The zero-order valence-electron chi connectivity index (χ0n) is 10.8. The number of quaternary nitrogens is 1. The Bertz CT molecular complexity index is 570. The van der Waals surface area contributed by atoms with Crippen molar-refractivity contribution in [2.24, 2.45) is 0 Å². The maximum absolute atomic E-state index is 14.0. The second-order valence-corrected chi connectivity index (χ2v) is 4.06. The lowest BCUT2D eigenvalue weighted by molar-refractivity contribution is -0.830. The summed E-state index contributed by atoms with van der Waals surface area (Å²) < 4.78 is 19.2. The van der Waals surface area contributed by atoms with Gasteiger partial charge in [0, 0.05) is 23.9 Å². The van der Waals surface area contributed by atoms with Crippen LogP contribution in [0.4, 0.5) is 15.8 Å². The second-order valence-electron chi connectivity index (χ2n) is 4.06. The monoisotopic (exact) mass is 263 g/mol. The van der Waals surface area contributed by atoms with Gasteiger partial charge in [0.15, 0.2) is 5.69 Å². The summed E-state index contributed by atoms with van der Waals surface area (Å²) in [7, 11) is 3.07. The van der Waals surface area contributed by atoms with Crippen LogP contribution in [0.25, 0.3) is 11.1 Å². The molecule has 0 aliphatic carbocycles. The number of benzene rings is 2. The summed E-state index contributed by atoms with van der Waals surface area (Å²) >= 11 is 0. The van der Waals surface area contributed by atoms with Crippen LogP contribution >= 0.6 is 0 Å². The lowest BCUT2D eigenvalue weighted by atomic mass is 10.0. The molecule has 2 rings (SSSR count). The molecule has 0 saturated heterocycles. The number of nitrogen functional groups attached to an aromatic ring is 1. The molecular weight excluding hydrogens is 247 g/mol. The van der Waals surface area contributed by atoms with Crippen molar-refractivity contribution in [3.8, 4) is 16.9 Å². The standard InChI is InChI=1S/C14H15FN2O2/c1-18-13-8-10(16)7-12(15)14(13)9-3-5-11(6-4-9)17-19-2/h3-8,17H,16H2,1-2H3/p+1. The highest BCUT2D eigenvalue weighted by Crippen LogP contribution is 2.34. The Morgan fingerprint density at radius 2 is 1.79 bits per heavy atom. The van der Waals surface area contributed by atoms with E-state index in [0.29, 0.717) is 17.0 Å². The SMILES string of the molecule is CO[NH2+]c1ccc(-c2c(F)cc(N)cc2OC)cc1. The normalized spacial score (nSPS) is 10.5. The zero-order valence-corrected chi connectivity index (χ0v) is 10.8. The lowest BCUT2D eigenvalue weighted by Crippen LogP contribution is -2.75. The Balaban J connectivity index is 2.46. The molecule has 0 aliphatic heterocycles. The quantitative estimate of drug-likeness (QED) is 0.653. The maximum atomic E-state index is 14.0. The minimum absolute atomic E-state index is 0.336. The van der Waals surface area contributed by atoms with Crippen molar-refractivity contribution in [3.05, 3.63) is 42.2 Å². The zero-order chi connectivity index (χ0) is 13.8. The molecule has 4 N–H and O–H groups in total. The van der Waals surface area contributed by atoms with Crippen LogP contribution in [0.1, 0.15) is 0 Å². The van der Waals surface area contributed by atoms with Crippen molar-refractivity contribution >= 4 is 11.4 Å². The molecule has 19 heavy (non-hydrogen) atoms. The van der Waals surface area contributed by atoms with Gasteiger partial charge >= 0.3 is 0 Å². The van der Waals surface area contributed by atoms with Crippen LogP contribution in [0, 0.1) is 5.82 Å². The molecule has 0 fully saturated rings. The molecule has 100 valence electrons. The van der Waals surface area contributed by atoms with Gasteiger partial charge in [-0.15, -0.1) is 0 Å². The van der Waals surface area contributed by atoms with Gasteiger partial charge in [-0.25, -0.2) is 9.23 Å². The first kappa shape index (κ1) is 13.3. The maximum Gasteiger partial charge on any atom is 0.161 e. The van der Waals surface area contributed by atoms with Crippen molar-refractivity contribution in [1.82, 2.24) is 0 Å². The molecule has 0 unspecified atom stereocenters. The van der Waals surface area contributed by atoms with Crippen molar-refractivity contribution in [2.45, 2.75) is 0 Å². The summed E-state index contributed by atoms with van der Waals surface area (Å²) in [6.07, 6.45) is 0. The summed E-state index contributed by atoms with van der Waals surface area (Å²) in [5.41, 5.74) is 9.58. The molecule has 4 nitrogen and oxygen atoms in total. The fourth-order valence-electron chi connectivity index (χ4n) is 1.91. The Kier molecular flexibility index (Phi) is 3.99. The van der Waals surface area contributed by atoms with Crippen molar-refractivity contribution in [3.63, 3.8) is 0 Å². The van der Waals surface area contributed by atoms with Crippen LogP contribution < -0.4 is 16.0 Å². The topological polar surface area (TPSA) is 61.1 Å². The fraction of sp³-hybridized carbons (Fsp3) is 0.143. The van der Waals surface area contributed by atoms with Crippen LogP contribution in [-0.2, 0) is 4.84 Å². The van der Waals surface area contributed by atoms with Crippen LogP contribution in [0.2, 0.25) is 0 Å². The largest absolute Gasteiger partial charge is 0.496 e. The Labute approximate surface area is 110 Å². The van der Waals surface area contributed by atoms with Gasteiger partial charge in [-0.2, -0.15) is 5.48 Å². The van der Waals surface area contributed by atoms with Gasteiger partial charge in [-0.1, -0.05) is 0 Å². The molecule has 0 bridgehead atoms. The van der Waals surface area contributed by atoms with Gasteiger partial charge in [0.1, 0.15) is 11.6 Å². The molecule has 0 heterocycles. The van der Waals surface area contributed by atoms with Crippen LogP contribution in [-0.4, -0.2) is 14.2 Å². The number of nitrogens with two attached hydrogens (primary N) is 2. The van der Waals surface area contributed by atoms with E-state index in [1.54, 1.807) is 18.7 Å². The van der Waals surface area contributed by atoms with Gasteiger partial charge in [-0.05, 0) is 23.8 Å². The van der Waals surface area contributed by atoms with Gasteiger partial charge in [-0.3, -0.25) is 0 Å². The van der Waals surface area contributed by atoms with Crippen molar-refractivity contribution < 1.29 is 19.4 Å². The molecular formula is C14H16FN2O2+. The van der Waals surface area contributed by atoms with Crippen LogP contribution in [0.15, 0.2) is 36.4 Å². The van der Waals surface area contributed by atoms with Crippen molar-refractivity contribution in [2.75, 3.05) is 20.0 Å². The van der Waals surface area contributed by atoms with E-state index in [0.717, 1.165) is 11.3 Å². The summed E-state index contributed by atoms with van der Waals surface area (Å²) in [5.74, 6) is 0.0151. The highest BCUT2D eigenvalue weighted by molar-refractivity contribution is 5.74. The van der Waals surface area contributed by atoms with Crippen molar-refractivity contribution in [1.29, 1.82) is 0 Å². The average Bonchev–Trinajstić information content (AvgIpc) is 2.39. The van der Waals surface area contributed by atoms with Crippen LogP contribution in [0.3, 0.4) is 0 Å². The van der Waals surface area contributed by atoms with Crippen LogP contribution in [0.5, 0.6) is 5.75 Å². The smallest absolute Gasteiger partial charge is 0.161 e. The van der Waals surface area contributed by atoms with E-state index in [2.05, 4.69) is 0 Å². The number of anilines is 1. The average molecular weight is 263 g/mol. The molecule has 5 heteroatoms. The fourth-order valence-corrected chi connectivity index (χ4v) is 1.91. The van der Waals surface area contributed by atoms with Gasteiger partial charge < -0.3 is 10.5 Å². The molecule has 0 radical (unpaired) electrons. The summed E-state index contributed by atoms with van der Waals surface area (Å²) in [4.78, 5) is 4.92. The third kappa shape index (κ3) is 2.83. The molecule has 0 spiro atoms. The molecule has 0 amide bonds. The first-order chi connectivity index (χ1) is 9.15. The highest BCUT2D eigenvalue weighted by Gasteiger charge is 2.13. The number of halogens is 1. The molecule has 2 aromatic rings. The first-order valence-electron chi connectivity index (χ1n) is 5.75. The van der Waals surface area contributed by atoms with E-state index in [1.165, 1.54) is 13.2 Å². The second kappa shape index (κ2) is 5.69. The lowest BCUT2D eigenvalue weighted by Gasteiger charge is -2.11. The number of rotatable bonds is 4. The summed E-state index contributed by atoms with van der Waals surface area (Å²) in [5, 5.41) is 0. The third-order valence-electron chi connectivity index (χ3n) is 2.75. The van der Waals surface area contributed by atoms with E-state index in [1.807, 2.05) is 24.3 Å². The minimum Gasteiger partial charge on any atom is -0.496 e. The summed E-state index contributed by atoms with van der Waals surface area (Å²) in [6.45, 7) is 0. The molecule has 0 saturated carbocycles. The van der Waals surface area contributed by atoms with E-state index in [9.17, 15) is 4.39 Å². The third-order valence-corrected chi connectivity index (χ3v) is 2.75. The van der Waals surface area contributed by atoms with E-state index < -0.39 is 5.82 Å². The van der Waals surface area contributed by atoms with Gasteiger partial charge in [0.25, 0.3) is 0 Å². The number of methoxy groups -OCH3 is 1.